The fourth-order valence-electron chi connectivity index (χ4n) is 2.36. The van der Waals surface area contributed by atoms with E-state index in [1.807, 2.05) is 0 Å². The minimum atomic E-state index is -8.61. The molecule has 0 heterocycles. The molecule has 0 atom stereocenters. The molecule has 0 aliphatic heterocycles. The zero-order valence-electron chi connectivity index (χ0n) is 17.2. The molecule has 218 valence electrons. The van der Waals surface area contributed by atoms with Crippen LogP contribution in [-0.2, 0) is 16.1 Å². The molecule has 0 fully saturated rings. The van der Waals surface area contributed by atoms with Gasteiger partial charge in [0, 0.05) is 11.6 Å². The van der Waals surface area contributed by atoms with Crippen LogP contribution in [0.2, 0.25) is 0 Å². The van der Waals surface area contributed by atoms with E-state index in [-0.39, 0.29) is 6.07 Å². The van der Waals surface area contributed by atoms with Gasteiger partial charge in [0.25, 0.3) is 5.69 Å². The third-order valence-electron chi connectivity index (χ3n) is 4.55. The van der Waals surface area contributed by atoms with Crippen molar-refractivity contribution in [2.75, 3.05) is 0 Å². The first kappa shape index (κ1) is 33.0. The number of nitro benzene ring substituents is 1. The van der Waals surface area contributed by atoms with Gasteiger partial charge in [0.2, 0.25) is 0 Å². The van der Waals surface area contributed by atoms with Gasteiger partial charge >= 0.3 is 47.7 Å². The SMILES string of the molecule is O=C(OCc1ccc(C(O)O)cc1[N+](=O)[O-])C(F)(F)C(F)(F)C(F)(F)C(F)(F)C(F)(F)C(F)(F)C(F)(F)F. The van der Waals surface area contributed by atoms with Gasteiger partial charge in [0.15, 0.2) is 6.29 Å². The second kappa shape index (κ2) is 9.61. The number of aliphatic hydroxyl groups is 2. The lowest BCUT2D eigenvalue weighted by Crippen LogP contribution is -2.73. The number of benzene rings is 1. The van der Waals surface area contributed by atoms with Crippen molar-refractivity contribution in [1.29, 1.82) is 0 Å². The van der Waals surface area contributed by atoms with Gasteiger partial charge in [0.1, 0.15) is 6.61 Å². The number of rotatable bonds is 10. The van der Waals surface area contributed by atoms with Gasteiger partial charge in [-0.2, -0.15) is 65.9 Å². The van der Waals surface area contributed by atoms with Crippen molar-refractivity contribution in [3.05, 3.63) is 39.4 Å². The van der Waals surface area contributed by atoms with E-state index in [1.54, 1.807) is 0 Å². The number of hydrogen-bond donors (Lipinski definition) is 2. The van der Waals surface area contributed by atoms with E-state index in [0.29, 0.717) is 12.1 Å². The number of ether oxygens (including phenoxy) is 1. The Bertz CT molecular complexity index is 1070. The van der Waals surface area contributed by atoms with Crippen LogP contribution in [-0.4, -0.2) is 62.8 Å². The summed E-state index contributed by atoms with van der Waals surface area (Å²) in [7, 11) is 0. The number of halogens is 15. The average molecular weight is 595 g/mol. The zero-order valence-corrected chi connectivity index (χ0v) is 17.2. The van der Waals surface area contributed by atoms with Crippen molar-refractivity contribution in [3.8, 4) is 0 Å². The van der Waals surface area contributed by atoms with Crippen LogP contribution in [0.5, 0.6) is 0 Å². The molecule has 38 heavy (non-hydrogen) atoms. The molecule has 0 radical (unpaired) electrons. The summed E-state index contributed by atoms with van der Waals surface area (Å²) in [5, 5.41) is 28.7. The zero-order chi connectivity index (χ0) is 30.5. The highest BCUT2D eigenvalue weighted by molar-refractivity contribution is 5.79. The Hall–Kier alpha value is -3.04. The lowest BCUT2D eigenvalue weighted by Gasteiger charge is -2.40. The summed E-state index contributed by atoms with van der Waals surface area (Å²) in [5.41, 5.74) is -3.05. The van der Waals surface area contributed by atoms with Gasteiger partial charge in [0.05, 0.1) is 10.5 Å². The fraction of sp³-hybridized carbons (Fsp3) is 0.562. The first-order chi connectivity index (χ1) is 16.6. The Balaban J connectivity index is 3.42. The molecule has 0 aliphatic carbocycles. The van der Waals surface area contributed by atoms with Gasteiger partial charge in [-0.05, 0) is 6.07 Å². The number of aliphatic hydroxyl groups excluding tert-OH is 1. The summed E-state index contributed by atoms with van der Waals surface area (Å²) in [6.45, 7) is -1.95. The van der Waals surface area contributed by atoms with E-state index in [4.69, 9.17) is 10.2 Å². The van der Waals surface area contributed by atoms with E-state index in [9.17, 15) is 80.8 Å². The normalized spacial score (nSPS) is 14.6. The summed E-state index contributed by atoms with van der Waals surface area (Å²) in [4.78, 5) is 20.8. The molecular formula is C16H8F15NO6. The first-order valence-electron chi connectivity index (χ1n) is 8.77. The van der Waals surface area contributed by atoms with Crippen molar-refractivity contribution in [1.82, 2.24) is 0 Å². The van der Waals surface area contributed by atoms with Crippen LogP contribution in [0.15, 0.2) is 18.2 Å². The van der Waals surface area contributed by atoms with E-state index in [2.05, 4.69) is 4.74 Å². The third-order valence-corrected chi connectivity index (χ3v) is 4.55. The average Bonchev–Trinajstić information content (AvgIpc) is 2.75. The topological polar surface area (TPSA) is 110 Å². The van der Waals surface area contributed by atoms with Crippen molar-refractivity contribution < 1.29 is 90.5 Å². The van der Waals surface area contributed by atoms with Crippen LogP contribution in [0, 0.1) is 10.1 Å². The second-order valence-electron chi connectivity index (χ2n) is 7.04. The molecule has 1 aromatic rings. The lowest BCUT2D eigenvalue weighted by atomic mass is 9.91. The summed E-state index contributed by atoms with van der Waals surface area (Å²) < 4.78 is 200. The molecule has 0 saturated heterocycles. The summed E-state index contributed by atoms with van der Waals surface area (Å²) in [6.07, 6.45) is -10.2. The molecule has 0 amide bonds. The smallest absolute Gasteiger partial charge is 0.456 e. The quantitative estimate of drug-likeness (QED) is 0.130. The monoisotopic (exact) mass is 595 g/mol. The van der Waals surface area contributed by atoms with Gasteiger partial charge in [-0.1, -0.05) is 6.07 Å². The molecule has 0 aromatic heterocycles. The minimum absolute atomic E-state index is 0.290. The van der Waals surface area contributed by atoms with Gasteiger partial charge in [-0.25, -0.2) is 4.79 Å². The standard InChI is InChI=1S/C16H8F15NO6/c17-10(18,9(35)38-4-6-2-1-5(8(33)34)3-7(6)32(36)37)11(19,20)12(21,22)13(23,24)14(25,26)15(27,28)16(29,30)31/h1-3,8,33-34H,4H2. The number of carbonyl (C=O) groups excluding carboxylic acids is 1. The molecule has 0 aliphatic rings. The summed E-state index contributed by atoms with van der Waals surface area (Å²) in [6, 6.07) is 1.27. The van der Waals surface area contributed by atoms with E-state index in [0.717, 1.165) is 0 Å². The molecule has 0 spiro atoms. The number of carbonyl (C=O) groups is 1. The van der Waals surface area contributed by atoms with Crippen LogP contribution in [0.25, 0.3) is 0 Å². The Morgan fingerprint density at radius 3 is 1.61 bits per heavy atom. The minimum Gasteiger partial charge on any atom is -0.456 e. The number of hydrogen-bond acceptors (Lipinski definition) is 6. The highest BCUT2D eigenvalue weighted by atomic mass is 19.4. The number of esters is 1. The van der Waals surface area contributed by atoms with Crippen LogP contribution in [0.4, 0.5) is 71.5 Å². The molecule has 1 aromatic carbocycles. The van der Waals surface area contributed by atoms with Crippen LogP contribution < -0.4 is 0 Å². The second-order valence-corrected chi connectivity index (χ2v) is 7.04. The third kappa shape index (κ3) is 4.89. The van der Waals surface area contributed by atoms with Crippen LogP contribution in [0.1, 0.15) is 17.4 Å². The van der Waals surface area contributed by atoms with Gasteiger partial charge in [-0.15, -0.1) is 0 Å². The Morgan fingerprint density at radius 2 is 1.21 bits per heavy atom. The number of nitro groups is 1. The van der Waals surface area contributed by atoms with E-state index < -0.39 is 82.3 Å². The van der Waals surface area contributed by atoms with Gasteiger partial charge in [-0.3, -0.25) is 10.1 Å². The maximum absolute atomic E-state index is 13.8. The number of nitrogens with zero attached hydrogens (tertiary/aromatic N) is 1. The molecule has 7 nitrogen and oxygen atoms in total. The van der Waals surface area contributed by atoms with E-state index in [1.165, 1.54) is 0 Å². The molecular weight excluding hydrogens is 587 g/mol. The van der Waals surface area contributed by atoms with Crippen LogP contribution >= 0.6 is 0 Å². The molecule has 1 rings (SSSR count). The molecule has 22 heteroatoms. The fourth-order valence-corrected chi connectivity index (χ4v) is 2.36. The Labute approximate surface area is 197 Å². The predicted octanol–water partition coefficient (Wildman–Crippen LogP) is 5.00. The van der Waals surface area contributed by atoms with Crippen molar-refractivity contribution in [3.63, 3.8) is 0 Å². The molecule has 0 bridgehead atoms. The Kier molecular flexibility index (Phi) is 8.34. The van der Waals surface area contributed by atoms with Gasteiger partial charge < -0.3 is 14.9 Å². The summed E-state index contributed by atoms with van der Waals surface area (Å²) >= 11 is 0. The molecule has 0 unspecified atom stereocenters. The molecule has 0 saturated carbocycles. The lowest BCUT2D eigenvalue weighted by molar-refractivity contribution is -0.450. The van der Waals surface area contributed by atoms with Crippen molar-refractivity contribution in [2.24, 2.45) is 0 Å². The predicted molar refractivity (Wildman–Crippen MR) is 85.8 cm³/mol. The highest BCUT2D eigenvalue weighted by Crippen LogP contribution is 2.62. The Morgan fingerprint density at radius 1 is 0.789 bits per heavy atom. The van der Waals surface area contributed by atoms with Crippen molar-refractivity contribution >= 4 is 11.7 Å². The van der Waals surface area contributed by atoms with Crippen molar-refractivity contribution in [2.45, 2.75) is 54.6 Å². The first-order valence-corrected chi connectivity index (χ1v) is 8.77. The van der Waals surface area contributed by atoms with Crippen LogP contribution in [0.3, 0.4) is 0 Å². The van der Waals surface area contributed by atoms with E-state index >= 15 is 0 Å². The maximum atomic E-state index is 13.8. The highest BCUT2D eigenvalue weighted by Gasteiger charge is 2.94. The molecule has 2 N–H and O–H groups in total. The maximum Gasteiger partial charge on any atom is 0.460 e. The largest absolute Gasteiger partial charge is 0.460 e. The summed E-state index contributed by atoms with van der Waals surface area (Å²) in [5.74, 6) is -53.3. The number of alkyl halides is 15.